The first-order valence-corrected chi connectivity index (χ1v) is 5.43. The third-order valence-electron chi connectivity index (χ3n) is 1.88. The van der Waals surface area contributed by atoms with Gasteiger partial charge in [0.25, 0.3) is 0 Å². The third kappa shape index (κ3) is 8.21. The Labute approximate surface area is 102 Å². The molecule has 0 saturated carbocycles. The summed E-state index contributed by atoms with van der Waals surface area (Å²) in [6.45, 7) is 11.1. The van der Waals surface area contributed by atoms with Crippen LogP contribution in [0.4, 0.5) is 0 Å². The van der Waals surface area contributed by atoms with Gasteiger partial charge in [-0.3, -0.25) is 9.59 Å². The van der Waals surface area contributed by atoms with Crippen LogP contribution in [0.2, 0.25) is 0 Å². The molecule has 0 aromatic rings. The molecule has 0 aliphatic rings. The van der Waals surface area contributed by atoms with Gasteiger partial charge >= 0.3 is 0 Å². The highest BCUT2D eigenvalue weighted by Gasteiger charge is 2.07. The van der Waals surface area contributed by atoms with E-state index in [4.69, 9.17) is 4.74 Å². The largest absolute Gasteiger partial charge is 0.377 e. The molecule has 0 aliphatic carbocycles. The fourth-order valence-corrected chi connectivity index (χ4v) is 1.11. The summed E-state index contributed by atoms with van der Waals surface area (Å²) in [5.41, 5.74) is 0. The predicted molar refractivity (Wildman–Crippen MR) is 66.4 cm³/mol. The predicted octanol–water partition coefficient (Wildman–Crippen LogP) is 0.384. The third-order valence-corrected chi connectivity index (χ3v) is 1.88. The summed E-state index contributed by atoms with van der Waals surface area (Å²) < 4.78 is 5.35. The van der Waals surface area contributed by atoms with Crippen LogP contribution in [0.1, 0.15) is 13.8 Å². The van der Waals surface area contributed by atoms with Crippen molar-refractivity contribution in [2.75, 3.05) is 13.2 Å². The molecule has 17 heavy (non-hydrogen) atoms. The molecule has 2 N–H and O–H groups in total. The van der Waals surface area contributed by atoms with Gasteiger partial charge in [-0.2, -0.15) is 0 Å². The maximum atomic E-state index is 11.0. The molecule has 0 bridgehead atoms. The van der Waals surface area contributed by atoms with Crippen molar-refractivity contribution >= 4 is 11.8 Å². The number of ether oxygens (including phenoxy) is 1. The van der Waals surface area contributed by atoms with Crippen LogP contribution in [0, 0.1) is 0 Å². The van der Waals surface area contributed by atoms with E-state index in [1.165, 1.54) is 12.2 Å². The minimum Gasteiger partial charge on any atom is -0.377 e. The molecular weight excluding hydrogens is 220 g/mol. The molecule has 0 rings (SSSR count). The second kappa shape index (κ2) is 8.52. The summed E-state index contributed by atoms with van der Waals surface area (Å²) in [5, 5.41) is 5.34. The Morgan fingerprint density at radius 3 is 1.71 bits per heavy atom. The number of hydrogen-bond acceptors (Lipinski definition) is 3. The van der Waals surface area contributed by atoms with Crippen LogP contribution < -0.4 is 10.6 Å². The first-order valence-electron chi connectivity index (χ1n) is 5.43. The minimum absolute atomic E-state index is 0.0946. The zero-order valence-corrected chi connectivity index (χ0v) is 10.4. The van der Waals surface area contributed by atoms with Crippen molar-refractivity contribution in [3.05, 3.63) is 25.3 Å². The number of amides is 2. The molecule has 5 heteroatoms. The van der Waals surface area contributed by atoms with Gasteiger partial charge in [-0.25, -0.2) is 0 Å². The molecule has 2 amide bonds. The molecule has 0 fully saturated rings. The highest BCUT2D eigenvalue weighted by Crippen LogP contribution is 1.89. The fraction of sp³-hybridized carbons (Fsp3) is 0.500. The number of nitrogens with one attached hydrogen (secondary N) is 2. The van der Waals surface area contributed by atoms with Crippen molar-refractivity contribution < 1.29 is 14.3 Å². The fourth-order valence-electron chi connectivity index (χ4n) is 1.11. The topological polar surface area (TPSA) is 67.4 Å². The van der Waals surface area contributed by atoms with Crippen LogP contribution >= 0.6 is 0 Å². The summed E-state index contributed by atoms with van der Waals surface area (Å²) in [6.07, 6.45) is 2.42. The van der Waals surface area contributed by atoms with Crippen LogP contribution in [-0.4, -0.2) is 37.1 Å². The van der Waals surface area contributed by atoms with Crippen LogP contribution in [0.3, 0.4) is 0 Å². The summed E-state index contributed by atoms with van der Waals surface area (Å²) in [4.78, 5) is 21.9. The zero-order valence-electron chi connectivity index (χ0n) is 10.4. The van der Waals surface area contributed by atoms with Crippen molar-refractivity contribution in [3.8, 4) is 0 Å². The lowest BCUT2D eigenvalue weighted by molar-refractivity contribution is -0.117. The van der Waals surface area contributed by atoms with Gasteiger partial charge in [0.05, 0.1) is 13.2 Å². The van der Waals surface area contributed by atoms with E-state index in [1.807, 2.05) is 13.8 Å². The Morgan fingerprint density at radius 2 is 1.41 bits per heavy atom. The van der Waals surface area contributed by atoms with Gasteiger partial charge in [-0.1, -0.05) is 13.2 Å². The molecule has 0 aromatic heterocycles. The van der Waals surface area contributed by atoms with E-state index in [-0.39, 0.29) is 23.9 Å². The van der Waals surface area contributed by atoms with E-state index in [0.29, 0.717) is 13.2 Å². The Hall–Kier alpha value is -1.62. The van der Waals surface area contributed by atoms with Crippen LogP contribution in [0.5, 0.6) is 0 Å². The summed E-state index contributed by atoms with van der Waals surface area (Å²) in [7, 11) is 0. The molecule has 2 unspecified atom stereocenters. The molecule has 5 nitrogen and oxygen atoms in total. The molecule has 0 aliphatic heterocycles. The monoisotopic (exact) mass is 240 g/mol. The van der Waals surface area contributed by atoms with E-state index in [1.54, 1.807) is 0 Å². The molecule has 2 atom stereocenters. The summed E-state index contributed by atoms with van der Waals surface area (Å²) >= 11 is 0. The number of rotatable bonds is 8. The zero-order chi connectivity index (χ0) is 13.3. The second-order valence-corrected chi connectivity index (χ2v) is 3.76. The SMILES string of the molecule is C=CC(=O)NC(C)COCC(C)NC(=O)C=C. The van der Waals surface area contributed by atoms with Gasteiger partial charge in [0.2, 0.25) is 11.8 Å². The molecule has 0 saturated heterocycles. The molecule has 0 heterocycles. The van der Waals surface area contributed by atoms with E-state index in [2.05, 4.69) is 23.8 Å². The van der Waals surface area contributed by atoms with Crippen molar-refractivity contribution in [1.82, 2.24) is 10.6 Å². The van der Waals surface area contributed by atoms with E-state index < -0.39 is 0 Å². The smallest absolute Gasteiger partial charge is 0.243 e. The molecule has 0 aromatic carbocycles. The van der Waals surface area contributed by atoms with Gasteiger partial charge < -0.3 is 15.4 Å². The van der Waals surface area contributed by atoms with Crippen molar-refractivity contribution in [1.29, 1.82) is 0 Å². The molecule has 0 spiro atoms. The Morgan fingerprint density at radius 1 is 1.06 bits per heavy atom. The average Bonchev–Trinajstić information content (AvgIpc) is 2.28. The maximum Gasteiger partial charge on any atom is 0.243 e. The van der Waals surface area contributed by atoms with Crippen LogP contribution in [-0.2, 0) is 14.3 Å². The summed E-state index contributed by atoms with van der Waals surface area (Å²) in [6, 6.07) is -0.189. The highest BCUT2D eigenvalue weighted by atomic mass is 16.5. The lowest BCUT2D eigenvalue weighted by Crippen LogP contribution is -2.38. The van der Waals surface area contributed by atoms with Crippen molar-refractivity contribution in [2.45, 2.75) is 25.9 Å². The summed E-state index contributed by atoms with van der Waals surface area (Å²) in [5.74, 6) is -0.455. The molecular formula is C12H20N2O3. The van der Waals surface area contributed by atoms with Gasteiger partial charge in [0.1, 0.15) is 0 Å². The number of carbonyl (C=O) groups excluding carboxylic acids is 2. The molecule has 0 radical (unpaired) electrons. The number of hydrogen-bond donors (Lipinski definition) is 2. The van der Waals surface area contributed by atoms with Gasteiger partial charge in [-0.15, -0.1) is 0 Å². The number of carbonyl (C=O) groups is 2. The quantitative estimate of drug-likeness (QED) is 0.603. The van der Waals surface area contributed by atoms with E-state index >= 15 is 0 Å². The van der Waals surface area contributed by atoms with Gasteiger partial charge in [-0.05, 0) is 26.0 Å². The van der Waals surface area contributed by atoms with Gasteiger partial charge in [0, 0.05) is 12.1 Å². The van der Waals surface area contributed by atoms with Crippen LogP contribution in [0.25, 0.3) is 0 Å². The normalized spacial score (nSPS) is 13.3. The lowest BCUT2D eigenvalue weighted by Gasteiger charge is -2.16. The van der Waals surface area contributed by atoms with E-state index in [0.717, 1.165) is 0 Å². The van der Waals surface area contributed by atoms with E-state index in [9.17, 15) is 9.59 Å². The minimum atomic E-state index is -0.228. The maximum absolute atomic E-state index is 11.0. The first-order chi connectivity index (χ1) is 7.99. The van der Waals surface area contributed by atoms with Crippen LogP contribution in [0.15, 0.2) is 25.3 Å². The average molecular weight is 240 g/mol. The first kappa shape index (κ1) is 15.4. The Bertz CT molecular complexity index is 261. The van der Waals surface area contributed by atoms with Gasteiger partial charge in [0.15, 0.2) is 0 Å². The van der Waals surface area contributed by atoms with Crippen molar-refractivity contribution in [2.24, 2.45) is 0 Å². The Kier molecular flexibility index (Phi) is 7.71. The standard InChI is InChI=1S/C12H20N2O3/c1-5-11(15)13-9(3)7-17-8-10(4)14-12(16)6-2/h5-6,9-10H,1-2,7-8H2,3-4H3,(H,13,15)(H,14,16). The molecule has 96 valence electrons. The Balaban J connectivity index is 3.68. The van der Waals surface area contributed by atoms with Crippen molar-refractivity contribution in [3.63, 3.8) is 0 Å². The highest BCUT2D eigenvalue weighted by molar-refractivity contribution is 5.87. The lowest BCUT2D eigenvalue weighted by atomic mass is 10.3. The second-order valence-electron chi connectivity index (χ2n) is 3.76.